The van der Waals surface area contributed by atoms with Crippen LogP contribution < -0.4 is 4.31 Å². The molecule has 8 heteroatoms. The molecule has 0 fully saturated rings. The molecular formula is C21H20BrNO5S. The fraction of sp³-hybridized carbons (Fsp3) is 0.238. The molecule has 3 rings (SSSR count). The van der Waals surface area contributed by atoms with Crippen LogP contribution >= 0.6 is 15.9 Å². The molecule has 2 aromatic carbocycles. The zero-order valence-electron chi connectivity index (χ0n) is 16.2. The van der Waals surface area contributed by atoms with E-state index in [0.717, 1.165) is 8.78 Å². The first kappa shape index (κ1) is 21.3. The second-order valence-corrected chi connectivity index (χ2v) is 9.34. The maximum atomic E-state index is 13.3. The molecule has 0 aliphatic carbocycles. The van der Waals surface area contributed by atoms with E-state index in [-0.39, 0.29) is 22.8 Å². The summed E-state index contributed by atoms with van der Waals surface area (Å²) >= 11 is 3.28. The smallest absolute Gasteiger partial charge is 0.270 e. The minimum atomic E-state index is -4.14. The number of rotatable bonds is 6. The maximum absolute atomic E-state index is 13.3. The van der Waals surface area contributed by atoms with E-state index in [0.29, 0.717) is 28.7 Å². The van der Waals surface area contributed by atoms with Crippen molar-refractivity contribution < 1.29 is 22.4 Å². The average molecular weight is 478 g/mol. The van der Waals surface area contributed by atoms with E-state index >= 15 is 0 Å². The number of aryl methyl sites for hydroxylation is 1. The first-order valence-corrected chi connectivity index (χ1v) is 11.3. The van der Waals surface area contributed by atoms with E-state index in [1.165, 1.54) is 31.2 Å². The topological polar surface area (TPSA) is 84.7 Å². The lowest BCUT2D eigenvalue weighted by molar-refractivity contribution is -0.117. The zero-order chi connectivity index (χ0) is 21.3. The predicted octanol–water partition coefficient (Wildman–Crippen LogP) is 5.23. The number of hydrogen-bond donors (Lipinski definition) is 0. The minimum absolute atomic E-state index is 0.000385. The van der Waals surface area contributed by atoms with Gasteiger partial charge in [0.05, 0.1) is 16.1 Å². The van der Waals surface area contributed by atoms with Crippen LogP contribution in [-0.4, -0.2) is 20.1 Å². The summed E-state index contributed by atoms with van der Waals surface area (Å²) in [5.41, 5.74) is 1.01. The van der Waals surface area contributed by atoms with Gasteiger partial charge < -0.3 is 4.42 Å². The van der Waals surface area contributed by atoms with Gasteiger partial charge in [-0.05, 0) is 62.7 Å². The number of fused-ring (bicyclic) bond motifs is 1. The Kier molecular flexibility index (Phi) is 5.95. The quantitative estimate of drug-likeness (QED) is 0.453. The van der Waals surface area contributed by atoms with Gasteiger partial charge in [0.1, 0.15) is 11.3 Å². The number of halogens is 1. The monoisotopic (exact) mass is 477 g/mol. The lowest BCUT2D eigenvalue weighted by atomic mass is 10.1. The van der Waals surface area contributed by atoms with Gasteiger partial charge in [0, 0.05) is 16.3 Å². The molecule has 0 unspecified atom stereocenters. The molecule has 0 N–H and O–H groups in total. The standard InChI is InChI=1S/C21H20BrNO5S/c1-4-5-20(25)23(29(26,27)17-9-6-15(22)7-10-17)16-8-11-19-18(12-16)21(13(2)24)14(3)28-19/h6-12H,4-5H2,1-3H3. The van der Waals surface area contributed by atoms with Crippen LogP contribution in [0.15, 0.2) is 56.2 Å². The Bertz CT molecular complexity index is 1200. The van der Waals surface area contributed by atoms with Gasteiger partial charge in [0.2, 0.25) is 5.91 Å². The molecule has 6 nitrogen and oxygen atoms in total. The van der Waals surface area contributed by atoms with Crippen LogP contribution in [0, 0.1) is 6.92 Å². The van der Waals surface area contributed by atoms with Gasteiger partial charge in [-0.2, -0.15) is 0 Å². The molecule has 1 heterocycles. The van der Waals surface area contributed by atoms with Crippen molar-refractivity contribution in [2.24, 2.45) is 0 Å². The SMILES string of the molecule is CCCC(=O)N(c1ccc2oc(C)c(C(C)=O)c2c1)S(=O)(=O)c1ccc(Br)cc1. The van der Waals surface area contributed by atoms with Gasteiger partial charge in [-0.25, -0.2) is 12.7 Å². The van der Waals surface area contributed by atoms with E-state index in [1.807, 2.05) is 0 Å². The Hall–Kier alpha value is -2.45. The summed E-state index contributed by atoms with van der Waals surface area (Å²) in [5, 5.41) is 0.479. The van der Waals surface area contributed by atoms with Crippen molar-refractivity contribution in [1.82, 2.24) is 0 Å². The molecule has 0 saturated heterocycles. The minimum Gasteiger partial charge on any atom is -0.461 e. The zero-order valence-corrected chi connectivity index (χ0v) is 18.6. The van der Waals surface area contributed by atoms with Crippen molar-refractivity contribution in [3.63, 3.8) is 0 Å². The van der Waals surface area contributed by atoms with Crippen LogP contribution in [-0.2, 0) is 14.8 Å². The van der Waals surface area contributed by atoms with Crippen molar-refractivity contribution in [3.8, 4) is 0 Å². The van der Waals surface area contributed by atoms with Crippen molar-refractivity contribution in [1.29, 1.82) is 0 Å². The van der Waals surface area contributed by atoms with Crippen molar-refractivity contribution >= 4 is 54.3 Å². The van der Waals surface area contributed by atoms with Gasteiger partial charge in [0.15, 0.2) is 5.78 Å². The second-order valence-electron chi connectivity index (χ2n) is 6.64. The number of ketones is 1. The third kappa shape index (κ3) is 4.00. The average Bonchev–Trinajstić information content (AvgIpc) is 2.97. The molecule has 1 amide bonds. The van der Waals surface area contributed by atoms with Gasteiger partial charge in [-0.3, -0.25) is 9.59 Å². The Morgan fingerprint density at radius 2 is 1.76 bits per heavy atom. The maximum Gasteiger partial charge on any atom is 0.270 e. The number of carbonyl (C=O) groups is 2. The Morgan fingerprint density at radius 3 is 2.34 bits per heavy atom. The van der Waals surface area contributed by atoms with E-state index in [4.69, 9.17) is 4.42 Å². The Morgan fingerprint density at radius 1 is 1.10 bits per heavy atom. The highest BCUT2D eigenvalue weighted by atomic mass is 79.9. The van der Waals surface area contributed by atoms with Crippen LogP contribution in [0.4, 0.5) is 5.69 Å². The van der Waals surface area contributed by atoms with Crippen LogP contribution in [0.1, 0.15) is 42.8 Å². The predicted molar refractivity (Wildman–Crippen MR) is 115 cm³/mol. The highest BCUT2D eigenvalue weighted by Crippen LogP contribution is 2.33. The number of hydrogen-bond acceptors (Lipinski definition) is 5. The number of carbonyl (C=O) groups excluding carboxylic acids is 2. The van der Waals surface area contributed by atoms with Crippen LogP contribution in [0.25, 0.3) is 11.0 Å². The molecule has 0 aliphatic rings. The number of benzene rings is 2. The molecule has 0 bridgehead atoms. The molecule has 152 valence electrons. The highest BCUT2D eigenvalue weighted by molar-refractivity contribution is 9.10. The van der Waals surface area contributed by atoms with Crippen molar-refractivity contribution in [2.45, 2.75) is 38.5 Å². The van der Waals surface area contributed by atoms with E-state index < -0.39 is 15.9 Å². The molecule has 29 heavy (non-hydrogen) atoms. The Balaban J connectivity index is 2.22. The van der Waals surface area contributed by atoms with E-state index in [2.05, 4.69) is 15.9 Å². The molecule has 0 radical (unpaired) electrons. The number of sulfonamides is 1. The van der Waals surface area contributed by atoms with Crippen molar-refractivity contribution in [3.05, 3.63) is 58.3 Å². The summed E-state index contributed by atoms with van der Waals surface area (Å²) in [6.45, 7) is 4.90. The van der Waals surface area contributed by atoms with Crippen LogP contribution in [0.2, 0.25) is 0 Å². The summed E-state index contributed by atoms with van der Waals surface area (Å²) in [7, 11) is -4.14. The van der Waals surface area contributed by atoms with Gasteiger partial charge in [0.25, 0.3) is 10.0 Å². The molecule has 0 aliphatic heterocycles. The molecule has 0 atom stereocenters. The summed E-state index contributed by atoms with van der Waals surface area (Å²) in [4.78, 5) is 24.9. The fourth-order valence-electron chi connectivity index (χ4n) is 3.22. The molecular weight excluding hydrogens is 458 g/mol. The highest BCUT2D eigenvalue weighted by Gasteiger charge is 2.31. The number of furan rings is 1. The van der Waals surface area contributed by atoms with Gasteiger partial charge in [-0.15, -0.1) is 0 Å². The van der Waals surface area contributed by atoms with Gasteiger partial charge >= 0.3 is 0 Å². The summed E-state index contributed by atoms with van der Waals surface area (Å²) in [6.07, 6.45) is 0.564. The van der Waals surface area contributed by atoms with Crippen LogP contribution in [0.3, 0.4) is 0 Å². The normalized spacial score (nSPS) is 11.6. The number of Topliss-reactive ketones (excluding diaryl/α,β-unsaturated/α-hetero) is 1. The number of nitrogens with zero attached hydrogens (tertiary/aromatic N) is 1. The first-order chi connectivity index (χ1) is 13.7. The lowest BCUT2D eigenvalue weighted by Gasteiger charge is -2.22. The lowest BCUT2D eigenvalue weighted by Crippen LogP contribution is -2.36. The molecule has 3 aromatic rings. The first-order valence-electron chi connectivity index (χ1n) is 9.04. The third-order valence-electron chi connectivity index (χ3n) is 4.48. The van der Waals surface area contributed by atoms with Crippen molar-refractivity contribution in [2.75, 3.05) is 4.31 Å². The summed E-state index contributed by atoms with van der Waals surface area (Å²) in [5.74, 6) is -0.285. The Labute approximate surface area is 177 Å². The second kappa shape index (κ2) is 8.12. The fourth-order valence-corrected chi connectivity index (χ4v) is 4.92. The van der Waals surface area contributed by atoms with E-state index in [1.54, 1.807) is 32.0 Å². The summed E-state index contributed by atoms with van der Waals surface area (Å²) < 4.78 is 33.8. The largest absolute Gasteiger partial charge is 0.461 e. The molecule has 1 aromatic heterocycles. The van der Waals surface area contributed by atoms with Crippen LogP contribution in [0.5, 0.6) is 0 Å². The molecule has 0 saturated carbocycles. The number of anilines is 1. The third-order valence-corrected chi connectivity index (χ3v) is 6.77. The van der Waals surface area contributed by atoms with Gasteiger partial charge in [-0.1, -0.05) is 22.9 Å². The summed E-state index contributed by atoms with van der Waals surface area (Å²) in [6, 6.07) is 10.7. The van der Waals surface area contributed by atoms with E-state index in [9.17, 15) is 18.0 Å². The number of amides is 1. The molecule has 0 spiro atoms.